The van der Waals surface area contributed by atoms with Gasteiger partial charge in [-0.25, -0.2) is 4.98 Å². The number of imidazole rings is 1. The number of hydrogen-bond acceptors (Lipinski definition) is 2. The number of nitrogens with zero attached hydrogens (tertiary/aromatic N) is 3. The minimum atomic E-state index is 0.258. The lowest BCUT2D eigenvalue weighted by molar-refractivity contribution is 0.645. The van der Waals surface area contributed by atoms with Crippen LogP contribution >= 0.6 is 15.9 Å². The molecule has 2 N–H and O–H groups in total. The van der Waals surface area contributed by atoms with Crippen molar-refractivity contribution in [2.24, 2.45) is 4.99 Å². The molecule has 4 rings (SSSR count). The first kappa shape index (κ1) is 17.1. The molecule has 0 saturated heterocycles. The standard InChI is InChI=1S/C20H22BrN5/c1-22-19(24-14-20(9-10-20)15-5-3-2-4-6-15)23-11-17-13-26-12-16(21)7-8-18(26)25-17/h2-8,12-13H,9-11,14H2,1H3,(H2,22,23,24). The first-order chi connectivity index (χ1) is 12.7. The Hall–Kier alpha value is -2.34. The molecule has 2 heterocycles. The lowest BCUT2D eigenvalue weighted by Gasteiger charge is -2.18. The van der Waals surface area contributed by atoms with E-state index < -0.39 is 0 Å². The molecular formula is C20H22BrN5. The third kappa shape index (κ3) is 3.60. The van der Waals surface area contributed by atoms with Crippen molar-refractivity contribution in [1.82, 2.24) is 20.0 Å². The van der Waals surface area contributed by atoms with Crippen LogP contribution in [0.3, 0.4) is 0 Å². The molecule has 0 radical (unpaired) electrons. The Morgan fingerprint density at radius 2 is 1.96 bits per heavy atom. The molecule has 2 aromatic heterocycles. The summed E-state index contributed by atoms with van der Waals surface area (Å²) in [6, 6.07) is 14.7. The molecule has 1 aromatic carbocycles. The van der Waals surface area contributed by atoms with Crippen LogP contribution < -0.4 is 10.6 Å². The van der Waals surface area contributed by atoms with Gasteiger partial charge in [-0.2, -0.15) is 0 Å². The second kappa shape index (κ2) is 7.11. The number of hydrogen-bond donors (Lipinski definition) is 2. The summed E-state index contributed by atoms with van der Waals surface area (Å²) in [5.74, 6) is 0.811. The molecule has 0 spiro atoms. The fourth-order valence-corrected chi connectivity index (χ4v) is 3.61. The highest BCUT2D eigenvalue weighted by Crippen LogP contribution is 2.47. The van der Waals surface area contributed by atoms with Crippen molar-refractivity contribution >= 4 is 27.5 Å². The molecule has 5 nitrogen and oxygen atoms in total. The van der Waals surface area contributed by atoms with Gasteiger partial charge in [-0.15, -0.1) is 0 Å². The Morgan fingerprint density at radius 3 is 2.69 bits per heavy atom. The molecule has 1 fully saturated rings. The van der Waals surface area contributed by atoms with Crippen LogP contribution in [0.2, 0.25) is 0 Å². The van der Waals surface area contributed by atoms with Crippen molar-refractivity contribution < 1.29 is 0 Å². The number of pyridine rings is 1. The van der Waals surface area contributed by atoms with E-state index in [2.05, 4.69) is 66.9 Å². The van der Waals surface area contributed by atoms with Crippen molar-refractivity contribution in [2.45, 2.75) is 24.8 Å². The zero-order chi connectivity index (χ0) is 18.0. The summed E-state index contributed by atoms with van der Waals surface area (Å²) in [5, 5.41) is 6.85. The molecular weight excluding hydrogens is 390 g/mol. The number of fused-ring (bicyclic) bond motifs is 1. The van der Waals surface area contributed by atoms with Crippen molar-refractivity contribution in [3.8, 4) is 0 Å². The Bertz CT molecular complexity index is 928. The minimum Gasteiger partial charge on any atom is -0.356 e. The van der Waals surface area contributed by atoms with Gasteiger partial charge in [-0.3, -0.25) is 4.99 Å². The summed E-state index contributed by atoms with van der Waals surface area (Å²) < 4.78 is 3.06. The van der Waals surface area contributed by atoms with Gasteiger partial charge in [-0.1, -0.05) is 30.3 Å². The number of aromatic nitrogens is 2. The summed E-state index contributed by atoms with van der Waals surface area (Å²) in [6.07, 6.45) is 6.49. The first-order valence-corrected chi connectivity index (χ1v) is 9.61. The number of halogens is 1. The SMILES string of the molecule is CN=C(NCc1cn2cc(Br)ccc2n1)NCC1(c2ccccc2)CC1. The van der Waals surface area contributed by atoms with Gasteiger partial charge in [0.2, 0.25) is 0 Å². The van der Waals surface area contributed by atoms with E-state index in [9.17, 15) is 0 Å². The van der Waals surface area contributed by atoms with Gasteiger partial charge in [0.25, 0.3) is 0 Å². The lowest BCUT2D eigenvalue weighted by atomic mass is 9.96. The zero-order valence-electron chi connectivity index (χ0n) is 14.7. The van der Waals surface area contributed by atoms with E-state index in [-0.39, 0.29) is 5.41 Å². The predicted molar refractivity (Wildman–Crippen MR) is 108 cm³/mol. The van der Waals surface area contributed by atoms with Gasteiger partial charge in [0, 0.05) is 35.9 Å². The average Bonchev–Trinajstić information content (AvgIpc) is 3.35. The number of guanidine groups is 1. The van der Waals surface area contributed by atoms with Crippen molar-refractivity contribution in [2.75, 3.05) is 13.6 Å². The smallest absolute Gasteiger partial charge is 0.191 e. The molecule has 0 bridgehead atoms. The van der Waals surface area contributed by atoms with E-state index in [1.54, 1.807) is 7.05 Å². The first-order valence-electron chi connectivity index (χ1n) is 8.82. The van der Waals surface area contributed by atoms with Crippen LogP contribution in [0.4, 0.5) is 0 Å². The lowest BCUT2D eigenvalue weighted by Crippen LogP contribution is -2.40. The van der Waals surface area contributed by atoms with Crippen LogP contribution in [0.1, 0.15) is 24.1 Å². The number of benzene rings is 1. The van der Waals surface area contributed by atoms with Gasteiger partial charge in [0.1, 0.15) is 5.65 Å². The van der Waals surface area contributed by atoms with E-state index in [4.69, 9.17) is 0 Å². The van der Waals surface area contributed by atoms with E-state index in [1.165, 1.54) is 18.4 Å². The summed E-state index contributed by atoms with van der Waals surface area (Å²) in [6.45, 7) is 1.53. The van der Waals surface area contributed by atoms with Gasteiger partial charge in [0.15, 0.2) is 5.96 Å². The second-order valence-corrected chi connectivity index (χ2v) is 7.69. The molecule has 1 saturated carbocycles. The van der Waals surface area contributed by atoms with Gasteiger partial charge >= 0.3 is 0 Å². The van der Waals surface area contributed by atoms with E-state index in [0.717, 1.165) is 28.3 Å². The molecule has 6 heteroatoms. The van der Waals surface area contributed by atoms with Crippen molar-refractivity contribution in [3.63, 3.8) is 0 Å². The largest absolute Gasteiger partial charge is 0.356 e. The Balaban J connectivity index is 1.36. The monoisotopic (exact) mass is 411 g/mol. The average molecular weight is 412 g/mol. The van der Waals surface area contributed by atoms with E-state index >= 15 is 0 Å². The van der Waals surface area contributed by atoms with Crippen molar-refractivity contribution in [3.05, 3.63) is 70.6 Å². The zero-order valence-corrected chi connectivity index (χ0v) is 16.3. The summed E-state index contributed by atoms with van der Waals surface area (Å²) in [5.41, 5.74) is 3.59. The molecule has 3 aromatic rings. The topological polar surface area (TPSA) is 53.7 Å². The maximum atomic E-state index is 4.63. The summed E-state index contributed by atoms with van der Waals surface area (Å²) in [4.78, 5) is 8.97. The van der Waals surface area contributed by atoms with E-state index in [0.29, 0.717) is 6.54 Å². The van der Waals surface area contributed by atoms with Crippen molar-refractivity contribution in [1.29, 1.82) is 0 Å². The minimum absolute atomic E-state index is 0.258. The molecule has 0 aliphatic heterocycles. The molecule has 134 valence electrons. The molecule has 1 aliphatic carbocycles. The molecule has 0 unspecified atom stereocenters. The van der Waals surface area contributed by atoms with Crippen LogP contribution in [-0.2, 0) is 12.0 Å². The highest BCUT2D eigenvalue weighted by molar-refractivity contribution is 9.10. The molecule has 1 aliphatic rings. The number of aliphatic imine (C=N–C) groups is 1. The summed E-state index contributed by atoms with van der Waals surface area (Å²) in [7, 11) is 1.80. The molecule has 0 amide bonds. The third-order valence-electron chi connectivity index (χ3n) is 4.96. The fourth-order valence-electron chi connectivity index (χ4n) is 3.26. The predicted octanol–water partition coefficient (Wildman–Crippen LogP) is 3.49. The summed E-state index contributed by atoms with van der Waals surface area (Å²) >= 11 is 3.49. The van der Waals surface area contributed by atoms with E-state index in [1.807, 2.05) is 28.9 Å². The maximum absolute atomic E-state index is 4.63. The Labute approximate surface area is 161 Å². The Kier molecular flexibility index (Phi) is 4.68. The van der Waals surface area contributed by atoms with Crippen LogP contribution in [0.25, 0.3) is 5.65 Å². The maximum Gasteiger partial charge on any atom is 0.191 e. The molecule has 26 heavy (non-hydrogen) atoms. The van der Waals surface area contributed by atoms with Gasteiger partial charge in [0.05, 0.1) is 12.2 Å². The van der Waals surface area contributed by atoms with Crippen LogP contribution in [0.5, 0.6) is 0 Å². The Morgan fingerprint density at radius 1 is 1.15 bits per heavy atom. The van der Waals surface area contributed by atoms with Crippen LogP contribution in [-0.4, -0.2) is 28.9 Å². The van der Waals surface area contributed by atoms with Crippen LogP contribution in [0, 0.1) is 0 Å². The quantitative estimate of drug-likeness (QED) is 0.498. The highest BCUT2D eigenvalue weighted by atomic mass is 79.9. The highest BCUT2D eigenvalue weighted by Gasteiger charge is 2.43. The van der Waals surface area contributed by atoms with Gasteiger partial charge in [-0.05, 0) is 46.5 Å². The normalized spacial score (nSPS) is 15.8. The molecule has 0 atom stereocenters. The van der Waals surface area contributed by atoms with Crippen LogP contribution in [0.15, 0.2) is 64.3 Å². The number of rotatable bonds is 5. The van der Waals surface area contributed by atoms with Gasteiger partial charge < -0.3 is 15.0 Å². The fraction of sp³-hybridized carbons (Fsp3) is 0.300. The second-order valence-electron chi connectivity index (χ2n) is 6.77. The third-order valence-corrected chi connectivity index (χ3v) is 5.43. The number of nitrogens with one attached hydrogen (secondary N) is 2.